The molecule has 6 N–H and O–H groups in total. The maximum absolute atomic E-state index is 14.1. The van der Waals surface area contributed by atoms with Crippen molar-refractivity contribution in [3.05, 3.63) is 165 Å². The molecule has 0 aromatic heterocycles. The van der Waals surface area contributed by atoms with Crippen LogP contribution in [0.15, 0.2) is 115 Å². The Hall–Kier alpha value is -11.0. The summed E-state index contributed by atoms with van der Waals surface area (Å²) in [4.78, 5) is 84.2. The highest BCUT2D eigenvalue weighted by Gasteiger charge is 2.41. The molecule has 20 nitrogen and oxygen atoms in total. The van der Waals surface area contributed by atoms with E-state index in [9.17, 15) is 28.8 Å². The van der Waals surface area contributed by atoms with Crippen LogP contribution in [0, 0.1) is 0 Å². The first-order chi connectivity index (χ1) is 66.0. The molecule has 0 fully saturated rings. The van der Waals surface area contributed by atoms with Crippen LogP contribution in [-0.2, 0) is 28.8 Å². The van der Waals surface area contributed by atoms with Crippen molar-refractivity contribution in [1.29, 1.82) is 0 Å². The van der Waals surface area contributed by atoms with E-state index >= 15 is 0 Å². The van der Waals surface area contributed by atoms with Gasteiger partial charge in [-0.05, 0) is 49.9 Å². The Morgan fingerprint density at radius 3 is 0.578 bits per heavy atom. The third kappa shape index (κ3) is 27.3. The third-order valence-electron chi connectivity index (χ3n) is 27.6. The second-order valence-corrected chi connectivity index (χ2v) is 37.9. The summed E-state index contributed by atoms with van der Waals surface area (Å²) in [5, 5.41) is 18.8. The molecular weight excluding hydrogens is 1690 g/mol. The Bertz CT molecular complexity index is 5030. The molecule has 8 bridgehead atoms. The number of carbonyl (C=O) groups is 6. The molecule has 13 rings (SSSR count). The van der Waals surface area contributed by atoms with Crippen molar-refractivity contribution in [2.75, 3.05) is 31.9 Å². The van der Waals surface area contributed by atoms with Gasteiger partial charge in [0.2, 0.25) is 35.4 Å². The van der Waals surface area contributed by atoms with Crippen LogP contribution in [0.2, 0.25) is 0 Å². The Morgan fingerprint density at radius 2 is 0.385 bits per heavy atom. The monoisotopic (exact) mass is 1840 g/mol. The minimum Gasteiger partial charge on any atom is -0.453 e. The first-order valence-electron chi connectivity index (χ1n) is 52.5. The quantitative estimate of drug-likeness (QED) is 0.0194. The summed E-state index contributed by atoms with van der Waals surface area (Å²) in [5.74, 6) is 1.68. The second-order valence-electron chi connectivity index (χ2n) is 37.9. The lowest BCUT2D eigenvalue weighted by Crippen LogP contribution is -2.21. The van der Waals surface area contributed by atoms with Crippen molar-refractivity contribution >= 4 is 69.6 Å². The SMILES string of the molecule is CCCCCCCCCCCC1c2cc3c4cc2Oc2cc(NC(=O)CC)c(NC(=O)CC)cc2Oc2cc5c(cc21)C(CCCCCCCCCCC)c1cc2c(cc1Oc1cc(NC(=O)CC)c(NC(=O)CC)cc1O5)OC(c1ccccc1)Oc1cc(c(cc1C2CCCCCCCCCCC)C3CCCCCCCCCCC)Oc1cc(NC(=O)CC)c(NC(=O)CC)cc1O4. The Morgan fingerprint density at radius 1 is 0.207 bits per heavy atom. The smallest absolute Gasteiger partial charge is 0.267 e. The highest BCUT2D eigenvalue weighted by Crippen LogP contribution is 2.61. The number of hydrogen-bond acceptors (Lipinski definition) is 14. The molecule has 5 aliphatic rings. The van der Waals surface area contributed by atoms with E-state index in [1.165, 1.54) is 109 Å². The van der Waals surface area contributed by atoms with Gasteiger partial charge in [-0.25, -0.2) is 0 Å². The number of amides is 6. The Kier molecular flexibility index (Phi) is 38.9. The predicted molar refractivity (Wildman–Crippen MR) is 544 cm³/mol. The molecule has 135 heavy (non-hydrogen) atoms. The van der Waals surface area contributed by atoms with Crippen molar-refractivity contribution < 1.29 is 66.7 Å². The molecule has 2 unspecified atom stereocenters. The van der Waals surface area contributed by atoms with Gasteiger partial charge in [0.15, 0.2) is 34.5 Å². The lowest BCUT2D eigenvalue weighted by molar-refractivity contribution is -0.116. The second kappa shape index (κ2) is 51.8. The molecular formula is C115H152N6O14. The van der Waals surface area contributed by atoms with Crippen LogP contribution in [0.4, 0.5) is 34.1 Å². The van der Waals surface area contributed by atoms with E-state index in [0.717, 1.165) is 172 Å². The molecule has 726 valence electrons. The van der Waals surface area contributed by atoms with Gasteiger partial charge in [0.25, 0.3) is 6.29 Å². The molecule has 0 saturated carbocycles. The van der Waals surface area contributed by atoms with Gasteiger partial charge in [-0.15, -0.1) is 0 Å². The lowest BCUT2D eigenvalue weighted by atomic mass is 9.76. The summed E-state index contributed by atoms with van der Waals surface area (Å²) in [7, 11) is 0. The number of ether oxygens (including phenoxy) is 8. The van der Waals surface area contributed by atoms with Crippen LogP contribution in [0.25, 0.3) is 0 Å². The van der Waals surface area contributed by atoms with Crippen LogP contribution < -0.4 is 69.8 Å². The minimum absolute atomic E-state index is 0.131. The van der Waals surface area contributed by atoms with Crippen molar-refractivity contribution in [2.24, 2.45) is 0 Å². The van der Waals surface area contributed by atoms with Crippen molar-refractivity contribution in [1.82, 2.24) is 0 Å². The number of unbranched alkanes of at least 4 members (excludes halogenated alkanes) is 32. The normalized spacial score (nSPS) is 15.5. The maximum atomic E-state index is 14.1. The van der Waals surface area contributed by atoms with Crippen molar-refractivity contribution in [2.45, 2.75) is 395 Å². The molecule has 4 aliphatic heterocycles. The molecule has 8 aromatic rings. The van der Waals surface area contributed by atoms with Crippen LogP contribution in [0.5, 0.6) is 80.5 Å². The zero-order chi connectivity index (χ0) is 95.0. The van der Waals surface area contributed by atoms with Gasteiger partial charge >= 0.3 is 0 Å². The first kappa shape index (κ1) is 101. The predicted octanol–water partition coefficient (Wildman–Crippen LogP) is 33.5. The van der Waals surface area contributed by atoms with Crippen molar-refractivity contribution in [3.63, 3.8) is 0 Å². The molecule has 2 atom stereocenters. The molecule has 1 aliphatic carbocycles. The highest BCUT2D eigenvalue weighted by molar-refractivity contribution is 6.03. The summed E-state index contributed by atoms with van der Waals surface area (Å²) in [6, 6.07) is 38.2. The fourth-order valence-corrected chi connectivity index (χ4v) is 19.8. The zero-order valence-corrected chi connectivity index (χ0v) is 82.6. The fraction of sp³-hybridized carbons (Fsp3) is 0.530. The summed E-state index contributed by atoms with van der Waals surface area (Å²) in [6.07, 6.45) is 42.2. The van der Waals surface area contributed by atoms with E-state index in [-0.39, 0.29) is 120 Å². The summed E-state index contributed by atoms with van der Waals surface area (Å²) in [6.45, 7) is 19.8. The summed E-state index contributed by atoms with van der Waals surface area (Å²) >= 11 is 0. The van der Waals surface area contributed by atoms with Crippen LogP contribution in [0.1, 0.15) is 445 Å². The van der Waals surface area contributed by atoms with E-state index in [0.29, 0.717) is 94.4 Å². The van der Waals surface area contributed by atoms with Crippen molar-refractivity contribution in [3.8, 4) is 80.5 Å². The average molecular weight is 1840 g/mol. The topological polar surface area (TPSA) is 248 Å². The molecule has 0 spiro atoms. The molecule has 6 amide bonds. The van der Waals surface area contributed by atoms with E-state index in [4.69, 9.17) is 37.9 Å². The van der Waals surface area contributed by atoms with E-state index in [1.54, 1.807) is 77.9 Å². The number of rotatable bonds is 53. The van der Waals surface area contributed by atoms with Crippen LogP contribution in [0.3, 0.4) is 0 Å². The van der Waals surface area contributed by atoms with Crippen LogP contribution >= 0.6 is 0 Å². The molecule has 0 radical (unpaired) electrons. The van der Waals surface area contributed by atoms with Crippen LogP contribution in [-0.4, -0.2) is 35.4 Å². The average Bonchev–Trinajstić information content (AvgIpc) is 1.60. The molecule has 8 aromatic carbocycles. The van der Waals surface area contributed by atoms with Gasteiger partial charge in [0.1, 0.15) is 46.0 Å². The number of carbonyl (C=O) groups excluding carboxylic acids is 6. The van der Waals surface area contributed by atoms with Gasteiger partial charge in [-0.3, -0.25) is 28.8 Å². The largest absolute Gasteiger partial charge is 0.453 e. The summed E-state index contributed by atoms with van der Waals surface area (Å²) < 4.78 is 62.5. The van der Waals surface area contributed by atoms with E-state index < -0.39 is 30.0 Å². The fourth-order valence-electron chi connectivity index (χ4n) is 19.8. The Balaban J connectivity index is 1.20. The third-order valence-corrected chi connectivity index (χ3v) is 27.6. The van der Waals surface area contributed by atoms with Gasteiger partial charge in [0, 0.05) is 173 Å². The van der Waals surface area contributed by atoms with Gasteiger partial charge in [0.05, 0.1) is 34.1 Å². The molecule has 20 heteroatoms. The highest BCUT2D eigenvalue weighted by atomic mass is 16.7. The maximum Gasteiger partial charge on any atom is 0.267 e. The number of anilines is 6. The molecule has 0 saturated heterocycles. The zero-order valence-electron chi connectivity index (χ0n) is 82.6. The minimum atomic E-state index is -1.07. The summed E-state index contributed by atoms with van der Waals surface area (Å²) in [5.41, 5.74) is 9.66. The van der Waals surface area contributed by atoms with E-state index in [1.807, 2.05) is 42.5 Å². The number of fused-ring (bicyclic) bond motifs is 3. The van der Waals surface area contributed by atoms with E-state index in [2.05, 4.69) is 96.0 Å². The van der Waals surface area contributed by atoms with Gasteiger partial charge in [-0.2, -0.15) is 0 Å². The Labute approximate surface area is 803 Å². The number of benzene rings is 8. The number of nitrogens with one attached hydrogen (secondary N) is 6. The molecule has 4 heterocycles. The first-order valence-corrected chi connectivity index (χ1v) is 52.5. The standard InChI is InChI=1S/C115H152N6O14/c1-11-21-25-29-33-37-41-45-52-58-77-81-62-83-78(59-53-46-42-38-34-30-26-22-12-2)85-64-87-80(61-55-48-44-40-36-32-28-24-14-4)88-65-86-79(60-54-47-43-39-35-31-27-23-13-3)84-63-82(77)96-73-98(84)131-106-69-92(119-112(125)18-8)94(121-114(127)20-10)71-108(106)133-100(86)75-102(88)135-115(76-56-50-49-51-57-76)134-101(87)74-99(85)132-107-70-93(120-113(126)19-9)91(118-111(124)17-7)68-105(107)130-97(83)72-95(81)128-103-66-89(116-109(122)15-5)90(67-104(103)129-96)117-110(123)16-6/h49-51,56-57,62-75,77-80,115H,11-48,52-55,58-61H2,1-10H3,(H,116,122)(H,117,123)(H,118,124)(H,119,125)(H,120,126)(H,121,127). The van der Waals surface area contributed by atoms with Gasteiger partial charge < -0.3 is 69.8 Å². The number of hydrogen-bond donors (Lipinski definition) is 6. The lowest BCUT2D eigenvalue weighted by Gasteiger charge is -2.34. The van der Waals surface area contributed by atoms with Gasteiger partial charge in [-0.1, -0.05) is 331 Å².